The number of amides is 2. The highest BCUT2D eigenvalue weighted by Crippen LogP contribution is 2.36. The Balaban J connectivity index is 1.49. The van der Waals surface area contributed by atoms with Gasteiger partial charge in [-0.2, -0.15) is 0 Å². The van der Waals surface area contributed by atoms with Crippen molar-refractivity contribution >= 4 is 29.7 Å². The van der Waals surface area contributed by atoms with Gasteiger partial charge >= 0.3 is 5.97 Å². The lowest BCUT2D eigenvalue weighted by atomic mass is 9.95. The molecule has 9 heteroatoms. The molecule has 5 N–H and O–H groups in total. The number of hydrogen-bond acceptors (Lipinski definition) is 6. The van der Waals surface area contributed by atoms with Gasteiger partial charge in [-0.1, -0.05) is 18.7 Å². The topological polar surface area (TPSA) is 137 Å². The van der Waals surface area contributed by atoms with E-state index in [1.54, 1.807) is 12.1 Å². The van der Waals surface area contributed by atoms with Gasteiger partial charge in [0.1, 0.15) is 5.54 Å². The number of carboxylic acid groups (broad SMARTS) is 1. The molecule has 1 aliphatic carbocycles. The van der Waals surface area contributed by atoms with Crippen molar-refractivity contribution in [1.29, 1.82) is 0 Å². The van der Waals surface area contributed by atoms with Gasteiger partial charge in [0.05, 0.1) is 16.8 Å². The number of nitrogens with one attached hydrogen (secondary N) is 2. The van der Waals surface area contributed by atoms with Crippen LogP contribution in [0.15, 0.2) is 53.8 Å². The number of rotatable bonds is 9. The van der Waals surface area contributed by atoms with E-state index in [9.17, 15) is 19.5 Å². The highest BCUT2D eigenvalue weighted by molar-refractivity contribution is 6.13. The Morgan fingerprint density at radius 1 is 1.25 bits per heavy atom. The molecule has 170 valence electrons. The van der Waals surface area contributed by atoms with E-state index in [0.29, 0.717) is 24.9 Å². The molecule has 1 aromatic carbocycles. The molecule has 1 saturated carbocycles. The zero-order valence-corrected chi connectivity index (χ0v) is 17.9. The molecular formula is C23H29N5O4. The number of piperidine rings is 1. The van der Waals surface area contributed by atoms with Crippen molar-refractivity contribution in [2.45, 2.75) is 31.2 Å². The first kappa shape index (κ1) is 23.1. The lowest BCUT2D eigenvalue weighted by Crippen LogP contribution is -2.51. The number of hydrogen-bond donors (Lipinski definition) is 4. The number of aromatic carboxylic acids is 1. The first-order valence-corrected chi connectivity index (χ1v) is 10.6. The molecule has 2 aliphatic rings. The molecule has 0 aromatic heterocycles. The monoisotopic (exact) mass is 439 g/mol. The summed E-state index contributed by atoms with van der Waals surface area (Å²) < 4.78 is 0. The summed E-state index contributed by atoms with van der Waals surface area (Å²) in [5.41, 5.74) is 5.78. The number of aliphatic imine (C=N–C) groups is 1. The minimum Gasteiger partial charge on any atom is -0.478 e. The summed E-state index contributed by atoms with van der Waals surface area (Å²) in [5, 5.41) is 15.2. The van der Waals surface area contributed by atoms with Crippen molar-refractivity contribution in [1.82, 2.24) is 10.6 Å². The third-order valence-electron chi connectivity index (χ3n) is 5.94. The van der Waals surface area contributed by atoms with Crippen LogP contribution in [0.1, 0.15) is 36.0 Å². The van der Waals surface area contributed by atoms with Crippen molar-refractivity contribution < 1.29 is 19.5 Å². The molecule has 0 atom stereocenters. The fourth-order valence-corrected chi connectivity index (χ4v) is 3.85. The summed E-state index contributed by atoms with van der Waals surface area (Å²) in [6.07, 6.45) is 6.56. The Bertz CT molecular complexity index is 943. The van der Waals surface area contributed by atoms with Gasteiger partial charge in [-0.25, -0.2) is 4.79 Å². The van der Waals surface area contributed by atoms with E-state index in [1.165, 1.54) is 12.4 Å². The van der Waals surface area contributed by atoms with Gasteiger partial charge in [0, 0.05) is 38.2 Å². The van der Waals surface area contributed by atoms with Gasteiger partial charge in [0.25, 0.3) is 5.91 Å². The number of carbonyl (C=O) groups excluding carboxylic acids is 2. The number of benzene rings is 1. The highest BCUT2D eigenvalue weighted by Gasteiger charge is 2.51. The van der Waals surface area contributed by atoms with Crippen LogP contribution in [-0.4, -0.2) is 54.3 Å². The quantitative estimate of drug-likeness (QED) is 0.339. The second-order valence-corrected chi connectivity index (χ2v) is 8.08. The van der Waals surface area contributed by atoms with E-state index < -0.39 is 17.4 Å². The van der Waals surface area contributed by atoms with Crippen LogP contribution in [0.3, 0.4) is 0 Å². The Kier molecular flexibility index (Phi) is 7.29. The van der Waals surface area contributed by atoms with Crippen LogP contribution >= 0.6 is 0 Å². The third-order valence-corrected chi connectivity index (χ3v) is 5.94. The number of para-hydroxylation sites is 1. The molecule has 2 fully saturated rings. The predicted octanol–water partition coefficient (Wildman–Crippen LogP) is 1.42. The van der Waals surface area contributed by atoms with E-state index in [-0.39, 0.29) is 17.4 Å². The summed E-state index contributed by atoms with van der Waals surface area (Å²) in [4.78, 5) is 42.5. The molecule has 9 nitrogen and oxygen atoms in total. The van der Waals surface area contributed by atoms with Crippen molar-refractivity contribution in [2.24, 2.45) is 16.6 Å². The smallest absolute Gasteiger partial charge is 0.337 e. The minimum absolute atomic E-state index is 0.165. The van der Waals surface area contributed by atoms with Crippen molar-refractivity contribution in [3.8, 4) is 0 Å². The predicted molar refractivity (Wildman–Crippen MR) is 122 cm³/mol. The largest absolute Gasteiger partial charge is 0.478 e. The van der Waals surface area contributed by atoms with Crippen molar-refractivity contribution in [3.63, 3.8) is 0 Å². The molecule has 0 spiro atoms. The molecule has 32 heavy (non-hydrogen) atoms. The van der Waals surface area contributed by atoms with Crippen LogP contribution < -0.4 is 21.3 Å². The molecule has 3 rings (SSSR count). The Morgan fingerprint density at radius 3 is 2.53 bits per heavy atom. The normalized spacial score (nSPS) is 18.2. The Morgan fingerprint density at radius 2 is 1.94 bits per heavy atom. The molecule has 0 unspecified atom stereocenters. The summed E-state index contributed by atoms with van der Waals surface area (Å²) in [6.45, 7) is 5.41. The molecule has 1 heterocycles. The number of nitrogens with two attached hydrogens (primary N) is 1. The Labute approximate surface area is 187 Å². The maximum atomic E-state index is 12.7. The zero-order valence-electron chi connectivity index (χ0n) is 17.9. The lowest BCUT2D eigenvalue weighted by molar-refractivity contribution is -0.128. The molecular weight excluding hydrogens is 410 g/mol. The summed E-state index contributed by atoms with van der Waals surface area (Å²) in [5.74, 6) is -1.29. The van der Waals surface area contributed by atoms with Gasteiger partial charge in [0.2, 0.25) is 5.91 Å². The molecule has 1 saturated heterocycles. The second kappa shape index (κ2) is 10.1. The maximum Gasteiger partial charge on any atom is 0.337 e. The van der Waals surface area contributed by atoms with Crippen LogP contribution in [0.5, 0.6) is 0 Å². The van der Waals surface area contributed by atoms with Crippen LogP contribution in [0, 0.1) is 5.92 Å². The summed E-state index contributed by atoms with van der Waals surface area (Å²) in [6, 6.07) is 7.00. The van der Waals surface area contributed by atoms with Crippen LogP contribution in [0.2, 0.25) is 0 Å². The van der Waals surface area contributed by atoms with E-state index in [0.717, 1.165) is 37.8 Å². The van der Waals surface area contributed by atoms with E-state index >= 15 is 0 Å². The van der Waals surface area contributed by atoms with Gasteiger partial charge in [-0.3, -0.25) is 14.6 Å². The van der Waals surface area contributed by atoms with E-state index in [1.807, 2.05) is 12.1 Å². The third kappa shape index (κ3) is 5.35. The maximum absolute atomic E-state index is 12.7. The molecule has 0 radical (unpaired) electrons. The average molecular weight is 440 g/mol. The number of nitrogens with zero attached hydrogens (tertiary/aromatic N) is 2. The molecule has 0 bridgehead atoms. The van der Waals surface area contributed by atoms with E-state index in [4.69, 9.17) is 5.73 Å². The van der Waals surface area contributed by atoms with Gasteiger partial charge in [-0.05, 0) is 43.7 Å². The van der Waals surface area contributed by atoms with E-state index in [2.05, 4.69) is 27.1 Å². The van der Waals surface area contributed by atoms with Crippen molar-refractivity contribution in [2.75, 3.05) is 24.5 Å². The second-order valence-electron chi connectivity index (χ2n) is 8.08. The van der Waals surface area contributed by atoms with Crippen LogP contribution in [0.4, 0.5) is 5.69 Å². The zero-order chi connectivity index (χ0) is 23.1. The number of anilines is 1. The molecule has 1 aromatic rings. The summed E-state index contributed by atoms with van der Waals surface area (Å²) >= 11 is 0. The minimum atomic E-state index is -0.935. The number of carbonyl (C=O) groups is 3. The van der Waals surface area contributed by atoms with Crippen LogP contribution in [0.25, 0.3) is 0 Å². The van der Waals surface area contributed by atoms with Crippen molar-refractivity contribution in [3.05, 3.63) is 54.4 Å². The first-order valence-electron chi connectivity index (χ1n) is 10.6. The number of carboxylic acids is 1. The first-order chi connectivity index (χ1) is 15.4. The summed E-state index contributed by atoms with van der Waals surface area (Å²) in [7, 11) is 0. The molecule has 1 aliphatic heterocycles. The lowest BCUT2D eigenvalue weighted by Gasteiger charge is -2.34. The van der Waals surface area contributed by atoms with Crippen LogP contribution in [-0.2, 0) is 9.59 Å². The Hall–Kier alpha value is -3.62. The van der Waals surface area contributed by atoms with Gasteiger partial charge < -0.3 is 26.4 Å². The molecule has 2 amide bonds. The SMILES string of the molecule is C=C/N=C\C(=C/N)C(=O)NC1(C(=O)NCC2CCN(c3ccccc3C(=O)O)CC2)CC1. The standard InChI is InChI=1S/C23H29N5O4/c1-2-25-15-17(13-24)20(29)27-23(9-10-23)22(32)26-14-16-7-11-28(12-8-16)19-6-4-3-5-18(19)21(30)31/h2-6,13,15-16H,1,7-12,14,24H2,(H,26,32)(H,27,29)(H,30,31)/b17-13+,25-15-. The van der Waals surface area contributed by atoms with Gasteiger partial charge in [-0.15, -0.1) is 0 Å². The fourth-order valence-electron chi connectivity index (χ4n) is 3.85. The fraction of sp³-hybridized carbons (Fsp3) is 0.391. The van der Waals surface area contributed by atoms with Gasteiger partial charge in [0.15, 0.2) is 0 Å². The highest BCUT2D eigenvalue weighted by atomic mass is 16.4. The average Bonchev–Trinajstić information content (AvgIpc) is 3.59.